The number of rotatable bonds is 4. The van der Waals surface area contributed by atoms with Crippen molar-refractivity contribution in [1.29, 1.82) is 5.26 Å². The highest BCUT2D eigenvalue weighted by molar-refractivity contribution is 9.10. The monoisotopic (exact) mass is 330 g/mol. The van der Waals surface area contributed by atoms with Gasteiger partial charge in [-0.3, -0.25) is 4.79 Å². The third-order valence-corrected chi connectivity index (χ3v) is 3.04. The Balaban J connectivity index is 2.03. The van der Waals surface area contributed by atoms with Crippen LogP contribution in [0.4, 0.5) is 5.82 Å². The van der Waals surface area contributed by atoms with E-state index in [9.17, 15) is 4.79 Å². The van der Waals surface area contributed by atoms with Gasteiger partial charge in [0.15, 0.2) is 5.82 Å². The smallest absolute Gasteiger partial charge is 0.243 e. The van der Waals surface area contributed by atoms with Gasteiger partial charge in [-0.05, 0) is 27.9 Å². The maximum Gasteiger partial charge on any atom is 0.243 e. The molecule has 0 saturated heterocycles. The molecule has 1 aromatic heterocycles. The maximum absolute atomic E-state index is 12.0. The van der Waals surface area contributed by atoms with Crippen molar-refractivity contribution in [2.24, 2.45) is 5.92 Å². The van der Waals surface area contributed by atoms with Crippen LogP contribution < -0.4 is 5.32 Å². The van der Waals surface area contributed by atoms with Crippen LogP contribution in [-0.2, 0) is 11.2 Å². The van der Waals surface area contributed by atoms with E-state index < -0.39 is 5.92 Å². The molecule has 100 valence electrons. The van der Waals surface area contributed by atoms with Crippen molar-refractivity contribution in [3.63, 3.8) is 0 Å². The van der Waals surface area contributed by atoms with Crippen LogP contribution in [0.5, 0.6) is 0 Å². The summed E-state index contributed by atoms with van der Waals surface area (Å²) in [5.41, 5.74) is 0.941. The van der Waals surface area contributed by atoms with Gasteiger partial charge in [-0.2, -0.15) is 5.26 Å². The number of amides is 1. The van der Waals surface area contributed by atoms with Gasteiger partial charge in [-0.15, -0.1) is 0 Å². The van der Waals surface area contributed by atoms with Gasteiger partial charge in [-0.1, -0.05) is 30.3 Å². The van der Waals surface area contributed by atoms with Gasteiger partial charge in [0.05, 0.1) is 18.5 Å². The molecule has 0 aliphatic carbocycles. The van der Waals surface area contributed by atoms with E-state index in [-0.39, 0.29) is 5.91 Å². The van der Waals surface area contributed by atoms with Crippen LogP contribution in [0.3, 0.4) is 0 Å². The number of hydrogen-bond acceptors (Lipinski definition) is 4. The van der Waals surface area contributed by atoms with E-state index in [4.69, 9.17) is 5.26 Å². The Morgan fingerprint density at radius 2 is 2.05 bits per heavy atom. The molecule has 2 rings (SSSR count). The van der Waals surface area contributed by atoms with E-state index in [0.717, 1.165) is 5.56 Å². The summed E-state index contributed by atoms with van der Waals surface area (Å²) in [5, 5.41) is 11.7. The van der Waals surface area contributed by atoms with E-state index in [0.29, 0.717) is 16.8 Å². The number of nitriles is 1. The number of anilines is 1. The summed E-state index contributed by atoms with van der Waals surface area (Å²) in [6.45, 7) is 0. The van der Waals surface area contributed by atoms with E-state index in [1.54, 1.807) is 0 Å². The molecular formula is C14H11BrN4O. The van der Waals surface area contributed by atoms with E-state index >= 15 is 0 Å². The highest BCUT2D eigenvalue weighted by Gasteiger charge is 2.18. The normalized spacial score (nSPS) is 11.4. The van der Waals surface area contributed by atoms with Crippen LogP contribution >= 0.6 is 15.9 Å². The Morgan fingerprint density at radius 1 is 1.30 bits per heavy atom. The fourth-order valence-corrected chi connectivity index (χ4v) is 1.84. The van der Waals surface area contributed by atoms with E-state index in [1.807, 2.05) is 36.4 Å². The molecule has 1 unspecified atom stereocenters. The minimum absolute atomic E-state index is 0.325. The molecule has 0 radical (unpaired) electrons. The summed E-state index contributed by atoms with van der Waals surface area (Å²) in [7, 11) is 0. The topological polar surface area (TPSA) is 78.7 Å². The fraction of sp³-hybridized carbons (Fsp3) is 0.143. The Bertz CT molecular complexity index is 622. The fourth-order valence-electron chi connectivity index (χ4n) is 1.64. The molecule has 20 heavy (non-hydrogen) atoms. The Labute approximate surface area is 124 Å². The first-order valence-electron chi connectivity index (χ1n) is 5.91. The van der Waals surface area contributed by atoms with Crippen LogP contribution in [0.25, 0.3) is 0 Å². The summed E-state index contributed by atoms with van der Waals surface area (Å²) in [5.74, 6) is -0.817. The lowest BCUT2D eigenvalue weighted by Crippen LogP contribution is -2.24. The van der Waals surface area contributed by atoms with Crippen molar-refractivity contribution in [3.05, 3.63) is 52.9 Å². The summed E-state index contributed by atoms with van der Waals surface area (Å²) in [6.07, 6.45) is 3.28. The zero-order valence-corrected chi connectivity index (χ0v) is 12.0. The highest BCUT2D eigenvalue weighted by Crippen LogP contribution is 2.11. The number of aromatic nitrogens is 2. The molecule has 1 aromatic carbocycles. The molecule has 1 atom stereocenters. The molecule has 6 heteroatoms. The second kappa shape index (κ2) is 6.78. The van der Waals surface area contributed by atoms with Gasteiger partial charge in [0.2, 0.25) is 5.91 Å². The summed E-state index contributed by atoms with van der Waals surface area (Å²) >= 11 is 3.16. The largest absolute Gasteiger partial charge is 0.308 e. The SMILES string of the molecule is N#CC(Cc1ccccc1)C(=O)Nc1cnc(Br)cn1. The second-order valence-corrected chi connectivity index (χ2v) is 4.90. The molecule has 2 aromatic rings. The van der Waals surface area contributed by atoms with Gasteiger partial charge < -0.3 is 5.32 Å². The zero-order valence-electron chi connectivity index (χ0n) is 10.5. The minimum Gasteiger partial charge on any atom is -0.308 e. The average molecular weight is 331 g/mol. The molecular weight excluding hydrogens is 320 g/mol. The number of halogens is 1. The second-order valence-electron chi connectivity index (χ2n) is 4.09. The molecule has 0 bridgehead atoms. The number of benzene rings is 1. The van der Waals surface area contributed by atoms with Crippen LogP contribution in [0, 0.1) is 17.2 Å². The minimum atomic E-state index is -0.761. The van der Waals surface area contributed by atoms with Gasteiger partial charge >= 0.3 is 0 Å². The van der Waals surface area contributed by atoms with Crippen molar-refractivity contribution in [2.75, 3.05) is 5.32 Å². The summed E-state index contributed by atoms with van der Waals surface area (Å²) in [6, 6.07) is 11.4. The van der Waals surface area contributed by atoms with Gasteiger partial charge in [0, 0.05) is 0 Å². The molecule has 1 heterocycles. The average Bonchev–Trinajstić information content (AvgIpc) is 2.48. The number of carbonyl (C=O) groups excluding carboxylic acids is 1. The Morgan fingerprint density at radius 3 is 2.65 bits per heavy atom. The van der Waals surface area contributed by atoms with E-state index in [1.165, 1.54) is 12.4 Å². The Hall–Kier alpha value is -2.26. The highest BCUT2D eigenvalue weighted by atomic mass is 79.9. The lowest BCUT2D eigenvalue weighted by Gasteiger charge is -2.09. The van der Waals surface area contributed by atoms with Gasteiger partial charge in [0.25, 0.3) is 0 Å². The van der Waals surface area contributed by atoms with Crippen molar-refractivity contribution in [2.45, 2.75) is 6.42 Å². The van der Waals surface area contributed by atoms with Crippen LogP contribution in [0.15, 0.2) is 47.3 Å². The van der Waals surface area contributed by atoms with Crippen molar-refractivity contribution >= 4 is 27.7 Å². The number of nitrogens with zero attached hydrogens (tertiary/aromatic N) is 3. The molecule has 0 fully saturated rings. The molecule has 0 spiro atoms. The first-order chi connectivity index (χ1) is 9.69. The predicted octanol–water partition coefficient (Wildman–Crippen LogP) is 2.56. The summed E-state index contributed by atoms with van der Waals surface area (Å²) in [4.78, 5) is 20.0. The van der Waals surface area contributed by atoms with Crippen molar-refractivity contribution < 1.29 is 4.79 Å². The van der Waals surface area contributed by atoms with Crippen LogP contribution in [-0.4, -0.2) is 15.9 Å². The molecule has 5 nitrogen and oxygen atoms in total. The molecule has 1 amide bonds. The number of nitrogens with one attached hydrogen (secondary N) is 1. The zero-order chi connectivity index (χ0) is 14.4. The molecule has 0 saturated carbocycles. The van der Waals surface area contributed by atoms with Crippen LogP contribution in [0.1, 0.15) is 5.56 Å². The lowest BCUT2D eigenvalue weighted by atomic mass is 10.00. The maximum atomic E-state index is 12.0. The van der Waals surface area contributed by atoms with Crippen molar-refractivity contribution in [1.82, 2.24) is 9.97 Å². The predicted molar refractivity (Wildman–Crippen MR) is 77.6 cm³/mol. The number of carbonyl (C=O) groups is 1. The van der Waals surface area contributed by atoms with Crippen LogP contribution in [0.2, 0.25) is 0 Å². The Kier molecular flexibility index (Phi) is 4.80. The number of hydrogen-bond donors (Lipinski definition) is 1. The third kappa shape index (κ3) is 3.87. The molecule has 0 aliphatic rings. The first-order valence-corrected chi connectivity index (χ1v) is 6.70. The van der Waals surface area contributed by atoms with Gasteiger partial charge in [-0.25, -0.2) is 9.97 Å². The summed E-state index contributed by atoms with van der Waals surface area (Å²) < 4.78 is 0.580. The standard InChI is InChI=1S/C14H11BrN4O/c15-12-8-18-13(9-17-12)19-14(20)11(7-16)6-10-4-2-1-3-5-10/h1-5,8-9,11H,6H2,(H,18,19,20). The first kappa shape index (κ1) is 14.2. The van der Waals surface area contributed by atoms with Crippen molar-refractivity contribution in [3.8, 4) is 6.07 Å². The van der Waals surface area contributed by atoms with E-state index in [2.05, 4.69) is 31.2 Å². The third-order valence-electron chi connectivity index (χ3n) is 2.63. The van der Waals surface area contributed by atoms with Gasteiger partial charge in [0.1, 0.15) is 10.5 Å². The lowest BCUT2D eigenvalue weighted by molar-refractivity contribution is -0.118. The molecule has 1 N–H and O–H groups in total. The molecule has 0 aliphatic heterocycles. The quantitative estimate of drug-likeness (QED) is 0.934.